The smallest absolute Gasteiger partial charge is 0.338 e. The zero-order chi connectivity index (χ0) is 8.74. The molecule has 0 rings (SSSR count). The van der Waals surface area contributed by atoms with Crippen LogP contribution in [-0.2, 0) is 8.85 Å². The lowest BCUT2D eigenvalue weighted by Crippen LogP contribution is -2.39. The Hall–Kier alpha value is 0.137. The van der Waals surface area contributed by atoms with Gasteiger partial charge in [0, 0.05) is 19.3 Å². The molecule has 0 amide bonds. The van der Waals surface area contributed by atoms with Crippen molar-refractivity contribution in [3.05, 3.63) is 13.0 Å². The van der Waals surface area contributed by atoms with Gasteiger partial charge in [-0.25, -0.2) is 0 Å². The normalized spacial score (nSPS) is 12.0. The van der Waals surface area contributed by atoms with Gasteiger partial charge in [-0.05, 0) is 26.8 Å². The van der Waals surface area contributed by atoms with E-state index in [9.17, 15) is 0 Å². The minimum atomic E-state index is -1.94. The molecule has 11 heavy (non-hydrogen) atoms. The molecule has 2 radical (unpaired) electrons. The first-order valence-corrected chi connectivity index (χ1v) is 6.49. The van der Waals surface area contributed by atoms with Crippen LogP contribution in [0.25, 0.3) is 0 Å². The summed E-state index contributed by atoms with van der Waals surface area (Å²) in [5, 5.41) is 0. The fourth-order valence-corrected chi connectivity index (χ4v) is 2.98. The van der Waals surface area contributed by atoms with Crippen LogP contribution in [0.15, 0.2) is 0 Å². The standard InChI is InChI=1S/C8H18O2Si/c1-5-8-11(4,9-6-2)10-7-3/h8H,1,5-7H2,2-4H3. The maximum Gasteiger partial charge on any atom is 0.338 e. The number of hydrogen-bond acceptors (Lipinski definition) is 2. The molecule has 0 N–H and O–H groups in total. The van der Waals surface area contributed by atoms with Gasteiger partial charge in [-0.3, -0.25) is 0 Å². The molecule has 0 aliphatic rings. The van der Waals surface area contributed by atoms with E-state index >= 15 is 0 Å². The molecule has 66 valence electrons. The van der Waals surface area contributed by atoms with Crippen LogP contribution in [0.4, 0.5) is 0 Å². The summed E-state index contributed by atoms with van der Waals surface area (Å²) in [6.45, 7) is 11.2. The van der Waals surface area contributed by atoms with Crippen LogP contribution in [0.3, 0.4) is 0 Å². The fourth-order valence-electron chi connectivity index (χ4n) is 0.995. The van der Waals surface area contributed by atoms with Crippen LogP contribution < -0.4 is 0 Å². The van der Waals surface area contributed by atoms with Gasteiger partial charge < -0.3 is 8.85 Å². The largest absolute Gasteiger partial charge is 0.394 e. The maximum absolute atomic E-state index is 5.53. The van der Waals surface area contributed by atoms with Crippen molar-refractivity contribution in [3.63, 3.8) is 0 Å². The van der Waals surface area contributed by atoms with Crippen molar-refractivity contribution in [3.8, 4) is 0 Å². The van der Waals surface area contributed by atoms with Crippen molar-refractivity contribution in [2.75, 3.05) is 13.2 Å². The van der Waals surface area contributed by atoms with Crippen molar-refractivity contribution < 1.29 is 8.85 Å². The molecule has 2 nitrogen and oxygen atoms in total. The van der Waals surface area contributed by atoms with Gasteiger partial charge >= 0.3 is 8.56 Å². The first-order chi connectivity index (χ1) is 5.18. The molecule has 0 heterocycles. The van der Waals surface area contributed by atoms with E-state index in [1.54, 1.807) is 0 Å². The summed E-state index contributed by atoms with van der Waals surface area (Å²) in [6.07, 6.45) is 0.780. The van der Waals surface area contributed by atoms with Crippen molar-refractivity contribution >= 4 is 8.56 Å². The summed E-state index contributed by atoms with van der Waals surface area (Å²) in [5.41, 5.74) is 0. The summed E-state index contributed by atoms with van der Waals surface area (Å²) in [7, 11) is -1.94. The maximum atomic E-state index is 5.53. The number of rotatable bonds is 6. The lowest BCUT2D eigenvalue weighted by Gasteiger charge is -2.24. The molecule has 0 bridgehead atoms. The third kappa shape index (κ3) is 4.56. The molecule has 0 aromatic heterocycles. The van der Waals surface area contributed by atoms with Crippen molar-refractivity contribution in [2.45, 2.75) is 26.8 Å². The second kappa shape index (κ2) is 5.74. The van der Waals surface area contributed by atoms with Gasteiger partial charge in [0.05, 0.1) is 0 Å². The molecule has 0 aromatic rings. The van der Waals surface area contributed by atoms with Gasteiger partial charge in [0.2, 0.25) is 0 Å². The van der Waals surface area contributed by atoms with Crippen LogP contribution in [0.1, 0.15) is 20.3 Å². The molecule has 0 unspecified atom stereocenters. The molecule has 0 aliphatic carbocycles. The summed E-state index contributed by atoms with van der Waals surface area (Å²) in [6, 6.07) is 2.07. The molecule has 0 fully saturated rings. The Balaban J connectivity index is 3.79. The highest BCUT2D eigenvalue weighted by Gasteiger charge is 2.29. The van der Waals surface area contributed by atoms with E-state index in [1.165, 1.54) is 0 Å². The SMILES string of the molecule is [CH2]C[CH][Si](C)(OCC)OCC. The summed E-state index contributed by atoms with van der Waals surface area (Å²) < 4.78 is 11.1. The number of hydrogen-bond donors (Lipinski definition) is 0. The van der Waals surface area contributed by atoms with Crippen molar-refractivity contribution in [1.82, 2.24) is 0 Å². The van der Waals surface area contributed by atoms with E-state index in [-0.39, 0.29) is 0 Å². The van der Waals surface area contributed by atoms with Gasteiger partial charge in [-0.15, -0.1) is 0 Å². The Labute approximate surface area is 71.1 Å². The summed E-state index contributed by atoms with van der Waals surface area (Å²) in [4.78, 5) is 0. The molecule has 0 atom stereocenters. The second-order valence-corrected chi connectivity index (χ2v) is 5.39. The molecule has 3 heteroatoms. The third-order valence-corrected chi connectivity index (χ3v) is 4.13. The topological polar surface area (TPSA) is 18.5 Å². The minimum absolute atomic E-state index is 0.721. The highest BCUT2D eigenvalue weighted by Crippen LogP contribution is 2.12. The third-order valence-electron chi connectivity index (χ3n) is 1.38. The Kier molecular flexibility index (Phi) is 5.82. The Bertz CT molecular complexity index is 79.1. The van der Waals surface area contributed by atoms with E-state index in [4.69, 9.17) is 8.85 Å². The zero-order valence-electron chi connectivity index (χ0n) is 7.72. The molecule has 0 aliphatic heterocycles. The molecule has 0 saturated heterocycles. The van der Waals surface area contributed by atoms with Crippen LogP contribution in [0.2, 0.25) is 6.55 Å². The molecule has 0 aromatic carbocycles. The Morgan fingerprint density at radius 3 is 2.00 bits per heavy atom. The molecular weight excluding hydrogens is 156 g/mol. The van der Waals surface area contributed by atoms with E-state index in [1.807, 2.05) is 20.4 Å². The fraction of sp³-hybridized carbons (Fsp3) is 0.750. The van der Waals surface area contributed by atoms with Crippen molar-refractivity contribution in [1.29, 1.82) is 0 Å². The first kappa shape index (κ1) is 11.1. The van der Waals surface area contributed by atoms with E-state index < -0.39 is 8.56 Å². The molecule has 0 spiro atoms. The highest BCUT2D eigenvalue weighted by atomic mass is 28.4. The van der Waals surface area contributed by atoms with E-state index in [0.29, 0.717) is 0 Å². The van der Waals surface area contributed by atoms with Crippen LogP contribution in [0.5, 0.6) is 0 Å². The van der Waals surface area contributed by atoms with Gasteiger partial charge in [0.25, 0.3) is 0 Å². The van der Waals surface area contributed by atoms with Crippen LogP contribution in [-0.4, -0.2) is 21.8 Å². The average Bonchev–Trinajstić information content (AvgIpc) is 1.88. The summed E-state index contributed by atoms with van der Waals surface area (Å²) >= 11 is 0. The second-order valence-electron chi connectivity index (χ2n) is 2.37. The highest BCUT2D eigenvalue weighted by molar-refractivity contribution is 6.69. The van der Waals surface area contributed by atoms with E-state index in [0.717, 1.165) is 19.6 Å². The predicted molar refractivity (Wildman–Crippen MR) is 49.1 cm³/mol. The molecule has 0 saturated carbocycles. The monoisotopic (exact) mass is 174 g/mol. The predicted octanol–water partition coefficient (Wildman–Crippen LogP) is 2.10. The quantitative estimate of drug-likeness (QED) is 0.574. The Morgan fingerprint density at radius 2 is 1.73 bits per heavy atom. The lowest BCUT2D eigenvalue weighted by atomic mass is 10.6. The first-order valence-electron chi connectivity index (χ1n) is 4.10. The van der Waals surface area contributed by atoms with Gasteiger partial charge in [-0.1, -0.05) is 6.92 Å². The zero-order valence-corrected chi connectivity index (χ0v) is 8.72. The van der Waals surface area contributed by atoms with Gasteiger partial charge in [-0.2, -0.15) is 0 Å². The molecular formula is C8H18O2Si. The lowest BCUT2D eigenvalue weighted by molar-refractivity contribution is 0.196. The van der Waals surface area contributed by atoms with Crippen LogP contribution in [0, 0.1) is 13.0 Å². The van der Waals surface area contributed by atoms with Crippen LogP contribution >= 0.6 is 0 Å². The summed E-state index contributed by atoms with van der Waals surface area (Å²) in [5.74, 6) is 0. The Morgan fingerprint density at radius 1 is 1.27 bits per heavy atom. The average molecular weight is 174 g/mol. The van der Waals surface area contributed by atoms with E-state index in [2.05, 4.69) is 13.0 Å². The van der Waals surface area contributed by atoms with Gasteiger partial charge in [0.1, 0.15) is 0 Å². The minimum Gasteiger partial charge on any atom is -0.394 e. The van der Waals surface area contributed by atoms with Gasteiger partial charge in [0.15, 0.2) is 0 Å². The van der Waals surface area contributed by atoms with Crippen molar-refractivity contribution in [2.24, 2.45) is 0 Å².